The van der Waals surface area contributed by atoms with Crippen molar-refractivity contribution in [1.82, 2.24) is 4.98 Å². The van der Waals surface area contributed by atoms with Gasteiger partial charge in [0.25, 0.3) is 0 Å². The smallest absolute Gasteiger partial charge is 0.0844 e. The van der Waals surface area contributed by atoms with Crippen molar-refractivity contribution in [1.29, 1.82) is 0 Å². The van der Waals surface area contributed by atoms with Crippen LogP contribution in [0.25, 0.3) is 10.2 Å². The van der Waals surface area contributed by atoms with Crippen LogP contribution in [-0.4, -0.2) is 4.98 Å². The Labute approximate surface area is 114 Å². The van der Waals surface area contributed by atoms with Gasteiger partial charge in [-0.05, 0) is 43.4 Å². The Morgan fingerprint density at radius 2 is 1.89 bits per heavy atom. The summed E-state index contributed by atoms with van der Waals surface area (Å²) in [5.74, 6) is 0. The number of aromatic nitrogens is 1. The van der Waals surface area contributed by atoms with E-state index >= 15 is 0 Å². The maximum absolute atomic E-state index is 4.46. The topological polar surface area (TPSA) is 12.9 Å². The lowest BCUT2D eigenvalue weighted by Crippen LogP contribution is -1.93. The summed E-state index contributed by atoms with van der Waals surface area (Å²) < 4.78 is 1.39. The summed E-state index contributed by atoms with van der Waals surface area (Å²) in [6.07, 6.45) is 8.01. The van der Waals surface area contributed by atoms with E-state index < -0.39 is 0 Å². The molecule has 0 N–H and O–H groups in total. The molecule has 0 bridgehead atoms. The third-order valence-electron chi connectivity index (χ3n) is 3.70. The molecule has 0 amide bonds. The van der Waals surface area contributed by atoms with Gasteiger partial charge in [0.1, 0.15) is 0 Å². The Balaban J connectivity index is 2.06. The van der Waals surface area contributed by atoms with Gasteiger partial charge in [-0.1, -0.05) is 38.7 Å². The molecule has 1 aromatic heterocycles. The largest absolute Gasteiger partial charge is 0.244 e. The van der Waals surface area contributed by atoms with Crippen molar-refractivity contribution in [2.24, 2.45) is 0 Å². The predicted octanol–water partition coefficient (Wildman–Crippen LogP) is 5.43. The molecule has 0 aliphatic carbocycles. The van der Waals surface area contributed by atoms with E-state index in [0.717, 1.165) is 0 Å². The first-order chi connectivity index (χ1) is 8.74. The zero-order valence-electron chi connectivity index (χ0n) is 11.8. The molecule has 0 atom stereocenters. The SMILES string of the molecule is CCCCCCCc1cc(C)c2ncsc2c1C. The van der Waals surface area contributed by atoms with Crippen molar-refractivity contribution < 1.29 is 0 Å². The lowest BCUT2D eigenvalue weighted by molar-refractivity contribution is 0.631. The molecule has 0 saturated heterocycles. The number of benzene rings is 1. The zero-order chi connectivity index (χ0) is 13.0. The van der Waals surface area contributed by atoms with E-state index in [1.54, 1.807) is 11.3 Å². The highest BCUT2D eigenvalue weighted by Crippen LogP contribution is 2.28. The van der Waals surface area contributed by atoms with Crippen LogP contribution in [0.5, 0.6) is 0 Å². The molecule has 2 heteroatoms. The molecule has 98 valence electrons. The fourth-order valence-corrected chi connectivity index (χ4v) is 3.45. The third kappa shape index (κ3) is 2.92. The van der Waals surface area contributed by atoms with Gasteiger partial charge in [0, 0.05) is 0 Å². The monoisotopic (exact) mass is 261 g/mol. The lowest BCUT2D eigenvalue weighted by Gasteiger charge is -2.08. The van der Waals surface area contributed by atoms with E-state index in [1.165, 1.54) is 65.4 Å². The maximum Gasteiger partial charge on any atom is 0.0844 e. The fraction of sp³-hybridized carbons (Fsp3) is 0.562. The highest BCUT2D eigenvalue weighted by atomic mass is 32.1. The van der Waals surface area contributed by atoms with Crippen LogP contribution in [0, 0.1) is 13.8 Å². The summed E-state index contributed by atoms with van der Waals surface area (Å²) in [5.41, 5.74) is 7.48. The van der Waals surface area contributed by atoms with E-state index in [0.29, 0.717) is 0 Å². The number of unbranched alkanes of at least 4 members (excludes halogenated alkanes) is 4. The number of hydrogen-bond donors (Lipinski definition) is 0. The van der Waals surface area contributed by atoms with Crippen molar-refractivity contribution >= 4 is 21.6 Å². The highest BCUT2D eigenvalue weighted by molar-refractivity contribution is 7.17. The maximum atomic E-state index is 4.46. The summed E-state index contributed by atoms with van der Waals surface area (Å²) in [6, 6.07) is 2.34. The molecule has 0 saturated carbocycles. The van der Waals surface area contributed by atoms with Gasteiger partial charge in [0.2, 0.25) is 0 Å². The van der Waals surface area contributed by atoms with Crippen molar-refractivity contribution in [3.63, 3.8) is 0 Å². The first-order valence-corrected chi connectivity index (χ1v) is 7.94. The second kappa shape index (κ2) is 6.33. The van der Waals surface area contributed by atoms with E-state index in [2.05, 4.69) is 31.8 Å². The van der Waals surface area contributed by atoms with Crippen molar-refractivity contribution in [2.75, 3.05) is 0 Å². The van der Waals surface area contributed by atoms with E-state index in [1.807, 2.05) is 5.51 Å². The molecule has 18 heavy (non-hydrogen) atoms. The Morgan fingerprint density at radius 1 is 1.11 bits per heavy atom. The van der Waals surface area contributed by atoms with Gasteiger partial charge < -0.3 is 0 Å². The summed E-state index contributed by atoms with van der Waals surface area (Å²) in [4.78, 5) is 4.46. The molecule has 1 aromatic carbocycles. The minimum absolute atomic E-state index is 1.20. The average molecular weight is 261 g/mol. The minimum Gasteiger partial charge on any atom is -0.244 e. The van der Waals surface area contributed by atoms with Gasteiger partial charge in [-0.3, -0.25) is 0 Å². The third-order valence-corrected chi connectivity index (χ3v) is 4.65. The minimum atomic E-state index is 1.20. The quantitative estimate of drug-likeness (QED) is 0.632. The fourth-order valence-electron chi connectivity index (χ4n) is 2.56. The molecule has 2 aromatic rings. The molecule has 0 spiro atoms. The molecule has 2 rings (SSSR count). The normalized spacial score (nSPS) is 11.3. The van der Waals surface area contributed by atoms with Gasteiger partial charge >= 0.3 is 0 Å². The van der Waals surface area contributed by atoms with Gasteiger partial charge in [0.15, 0.2) is 0 Å². The van der Waals surface area contributed by atoms with Crippen LogP contribution >= 0.6 is 11.3 Å². The molecule has 1 heterocycles. The van der Waals surface area contributed by atoms with Crippen LogP contribution in [0.15, 0.2) is 11.6 Å². The van der Waals surface area contributed by atoms with Gasteiger partial charge in [-0.2, -0.15) is 0 Å². The second-order valence-corrected chi connectivity index (χ2v) is 6.03. The molecule has 0 radical (unpaired) electrons. The number of hydrogen-bond acceptors (Lipinski definition) is 2. The van der Waals surface area contributed by atoms with Crippen LogP contribution in [-0.2, 0) is 6.42 Å². The van der Waals surface area contributed by atoms with Crippen LogP contribution in [0.3, 0.4) is 0 Å². The van der Waals surface area contributed by atoms with Crippen LogP contribution in [0.1, 0.15) is 55.7 Å². The number of aryl methyl sites for hydroxylation is 3. The van der Waals surface area contributed by atoms with E-state index in [4.69, 9.17) is 0 Å². The van der Waals surface area contributed by atoms with E-state index in [-0.39, 0.29) is 0 Å². The number of rotatable bonds is 6. The average Bonchev–Trinajstić information content (AvgIpc) is 2.84. The summed E-state index contributed by atoms with van der Waals surface area (Å²) in [7, 11) is 0. The molecule has 0 unspecified atom stereocenters. The Hall–Kier alpha value is -0.890. The number of thiazole rings is 1. The molecular weight excluding hydrogens is 238 g/mol. The van der Waals surface area contributed by atoms with Crippen LogP contribution < -0.4 is 0 Å². The van der Waals surface area contributed by atoms with Gasteiger partial charge in [0.05, 0.1) is 15.7 Å². The summed E-state index contributed by atoms with van der Waals surface area (Å²) in [5, 5.41) is 0. The van der Waals surface area contributed by atoms with Crippen molar-refractivity contribution in [3.8, 4) is 0 Å². The Bertz CT molecular complexity index is 513. The zero-order valence-corrected chi connectivity index (χ0v) is 12.6. The molecule has 0 fully saturated rings. The van der Waals surface area contributed by atoms with Crippen molar-refractivity contribution in [2.45, 2.75) is 59.3 Å². The highest BCUT2D eigenvalue weighted by Gasteiger charge is 2.08. The number of nitrogens with zero attached hydrogens (tertiary/aromatic N) is 1. The van der Waals surface area contributed by atoms with Crippen LogP contribution in [0.2, 0.25) is 0 Å². The lowest BCUT2D eigenvalue weighted by atomic mass is 9.98. The first-order valence-electron chi connectivity index (χ1n) is 7.06. The second-order valence-electron chi connectivity index (χ2n) is 5.17. The van der Waals surface area contributed by atoms with Crippen molar-refractivity contribution in [3.05, 3.63) is 28.3 Å². The summed E-state index contributed by atoms with van der Waals surface area (Å²) >= 11 is 1.78. The summed E-state index contributed by atoms with van der Waals surface area (Å²) in [6.45, 7) is 6.70. The Kier molecular flexibility index (Phi) is 4.76. The molecule has 0 aliphatic rings. The van der Waals surface area contributed by atoms with E-state index in [9.17, 15) is 0 Å². The molecule has 0 aliphatic heterocycles. The van der Waals surface area contributed by atoms with Gasteiger partial charge in [-0.15, -0.1) is 11.3 Å². The number of fused-ring (bicyclic) bond motifs is 1. The molecule has 1 nitrogen and oxygen atoms in total. The first kappa shape index (κ1) is 13.5. The Morgan fingerprint density at radius 3 is 2.67 bits per heavy atom. The van der Waals surface area contributed by atoms with Gasteiger partial charge in [-0.25, -0.2) is 4.98 Å². The van der Waals surface area contributed by atoms with Crippen LogP contribution in [0.4, 0.5) is 0 Å². The molecular formula is C16H23NS. The standard InChI is InChI=1S/C16H23NS/c1-4-5-6-7-8-9-14-10-12(2)15-16(13(14)3)18-11-17-15/h10-11H,4-9H2,1-3H3. The predicted molar refractivity (Wildman–Crippen MR) is 81.6 cm³/mol.